The van der Waals surface area contributed by atoms with Crippen molar-refractivity contribution in [1.29, 1.82) is 0 Å². The van der Waals surface area contributed by atoms with Gasteiger partial charge < -0.3 is 19.9 Å². The van der Waals surface area contributed by atoms with Crippen molar-refractivity contribution in [3.05, 3.63) is 53.6 Å². The van der Waals surface area contributed by atoms with Crippen molar-refractivity contribution in [1.82, 2.24) is 10.7 Å². The zero-order valence-corrected chi connectivity index (χ0v) is 15.1. The van der Waals surface area contributed by atoms with Crippen LogP contribution in [0.4, 0.5) is 0 Å². The number of nitrogens with zero attached hydrogens (tertiary/aromatic N) is 1. The number of aromatic hydroxyl groups is 1. The van der Waals surface area contributed by atoms with Crippen LogP contribution in [0.15, 0.2) is 47.6 Å². The minimum absolute atomic E-state index is 0.00222. The Hall–Kier alpha value is -3.55. The van der Waals surface area contributed by atoms with Crippen LogP contribution in [0.3, 0.4) is 0 Å². The lowest BCUT2D eigenvalue weighted by Gasteiger charge is -2.06. The van der Waals surface area contributed by atoms with E-state index in [4.69, 9.17) is 9.47 Å². The Morgan fingerprint density at radius 1 is 1.15 bits per heavy atom. The molecule has 142 valence electrons. The van der Waals surface area contributed by atoms with Crippen molar-refractivity contribution >= 4 is 18.0 Å². The van der Waals surface area contributed by atoms with Gasteiger partial charge in [0.05, 0.1) is 26.5 Å². The summed E-state index contributed by atoms with van der Waals surface area (Å²) in [6, 6.07) is 11.2. The Balaban J connectivity index is 1.82. The van der Waals surface area contributed by atoms with Crippen molar-refractivity contribution in [2.75, 3.05) is 20.3 Å². The molecule has 0 fully saturated rings. The Morgan fingerprint density at radius 2 is 1.85 bits per heavy atom. The molecule has 3 N–H and O–H groups in total. The van der Waals surface area contributed by atoms with Gasteiger partial charge in [0, 0.05) is 11.1 Å². The lowest BCUT2D eigenvalue weighted by Crippen LogP contribution is -2.34. The van der Waals surface area contributed by atoms with E-state index in [1.54, 1.807) is 36.4 Å². The molecule has 8 nitrogen and oxygen atoms in total. The van der Waals surface area contributed by atoms with Gasteiger partial charge in [-0.25, -0.2) is 5.43 Å². The summed E-state index contributed by atoms with van der Waals surface area (Å²) >= 11 is 0. The number of carbonyl (C=O) groups is 2. The number of benzene rings is 2. The molecule has 0 radical (unpaired) electrons. The zero-order chi connectivity index (χ0) is 19.6. The first-order chi connectivity index (χ1) is 13.0. The van der Waals surface area contributed by atoms with Gasteiger partial charge in [0.1, 0.15) is 17.2 Å². The van der Waals surface area contributed by atoms with Crippen LogP contribution in [0.25, 0.3) is 0 Å². The summed E-state index contributed by atoms with van der Waals surface area (Å²) in [6.45, 7) is 2.17. The Labute approximate surface area is 156 Å². The number of ether oxygens (including phenoxy) is 2. The first-order valence-electron chi connectivity index (χ1n) is 8.23. The average Bonchev–Trinajstić information content (AvgIpc) is 2.68. The van der Waals surface area contributed by atoms with Gasteiger partial charge in [-0.3, -0.25) is 9.59 Å². The summed E-state index contributed by atoms with van der Waals surface area (Å²) in [5.74, 6) is 0.318. The number of hydrogen-bond donors (Lipinski definition) is 3. The van der Waals surface area contributed by atoms with E-state index < -0.39 is 5.91 Å². The predicted molar refractivity (Wildman–Crippen MR) is 100 cm³/mol. The van der Waals surface area contributed by atoms with Crippen molar-refractivity contribution < 1.29 is 24.2 Å². The molecule has 0 aromatic heterocycles. The molecule has 0 aliphatic carbocycles. The number of carbonyl (C=O) groups excluding carboxylic acids is 2. The minimum atomic E-state index is -0.507. The number of phenols is 1. The van der Waals surface area contributed by atoms with Gasteiger partial charge >= 0.3 is 0 Å². The number of hydrazone groups is 1. The number of nitrogens with one attached hydrogen (secondary N) is 2. The maximum atomic E-state index is 12.0. The van der Waals surface area contributed by atoms with Gasteiger partial charge in [-0.2, -0.15) is 5.10 Å². The number of rotatable bonds is 8. The third-order valence-corrected chi connectivity index (χ3v) is 3.46. The highest BCUT2D eigenvalue weighted by Gasteiger charge is 2.08. The average molecular weight is 371 g/mol. The van der Waals surface area contributed by atoms with Crippen LogP contribution in [0.2, 0.25) is 0 Å². The van der Waals surface area contributed by atoms with Crippen molar-refractivity contribution in [2.45, 2.75) is 6.92 Å². The van der Waals surface area contributed by atoms with Crippen LogP contribution >= 0.6 is 0 Å². The smallest absolute Gasteiger partial charge is 0.259 e. The summed E-state index contributed by atoms with van der Waals surface area (Å²) in [4.78, 5) is 23.8. The van der Waals surface area contributed by atoms with E-state index >= 15 is 0 Å². The molecule has 0 aliphatic heterocycles. The highest BCUT2D eigenvalue weighted by atomic mass is 16.5. The Morgan fingerprint density at radius 3 is 2.52 bits per heavy atom. The highest BCUT2D eigenvalue weighted by Crippen LogP contribution is 2.20. The summed E-state index contributed by atoms with van der Waals surface area (Å²) in [5.41, 5.74) is 3.07. The van der Waals surface area contributed by atoms with E-state index in [9.17, 15) is 14.7 Å². The molecule has 0 aliphatic rings. The summed E-state index contributed by atoms with van der Waals surface area (Å²) in [7, 11) is 1.50. The predicted octanol–water partition coefficient (Wildman–Crippen LogP) is 1.68. The molecule has 0 bridgehead atoms. The van der Waals surface area contributed by atoms with Crippen LogP contribution in [-0.4, -0.2) is 43.4 Å². The lowest BCUT2D eigenvalue weighted by molar-refractivity contribution is -0.120. The monoisotopic (exact) mass is 371 g/mol. The molecule has 0 spiro atoms. The van der Waals surface area contributed by atoms with Crippen LogP contribution < -0.4 is 20.2 Å². The first kappa shape index (κ1) is 19.8. The van der Waals surface area contributed by atoms with E-state index in [0.717, 1.165) is 0 Å². The van der Waals surface area contributed by atoms with Gasteiger partial charge in [0.15, 0.2) is 0 Å². The van der Waals surface area contributed by atoms with Crippen LogP contribution in [0, 0.1) is 0 Å². The van der Waals surface area contributed by atoms with Gasteiger partial charge in [0.25, 0.3) is 11.8 Å². The van der Waals surface area contributed by atoms with E-state index in [0.29, 0.717) is 29.2 Å². The van der Waals surface area contributed by atoms with E-state index in [1.165, 1.54) is 19.4 Å². The summed E-state index contributed by atoms with van der Waals surface area (Å²) < 4.78 is 10.4. The molecule has 8 heteroatoms. The van der Waals surface area contributed by atoms with Crippen molar-refractivity contribution in [3.8, 4) is 17.2 Å². The number of methoxy groups -OCH3 is 1. The molecule has 0 saturated carbocycles. The number of hydrogen-bond acceptors (Lipinski definition) is 6. The minimum Gasteiger partial charge on any atom is -0.507 e. The maximum absolute atomic E-state index is 12.0. The third-order valence-electron chi connectivity index (χ3n) is 3.46. The molecule has 0 atom stereocenters. The Bertz CT molecular complexity index is 819. The molecular formula is C19H21N3O5. The SMILES string of the molecule is CCOc1ccc(C(=O)NCC(=O)NN=Cc2cc(OC)ccc2O)cc1. The van der Waals surface area contributed by atoms with Gasteiger partial charge in [-0.1, -0.05) is 0 Å². The van der Waals surface area contributed by atoms with Crippen molar-refractivity contribution in [2.24, 2.45) is 5.10 Å². The fourth-order valence-corrected chi connectivity index (χ4v) is 2.11. The normalized spacial score (nSPS) is 10.4. The second kappa shape index (κ2) is 9.81. The second-order valence-corrected chi connectivity index (χ2v) is 5.36. The number of amides is 2. The summed E-state index contributed by atoms with van der Waals surface area (Å²) in [6.07, 6.45) is 1.28. The fourth-order valence-electron chi connectivity index (χ4n) is 2.11. The largest absolute Gasteiger partial charge is 0.507 e. The van der Waals surface area contributed by atoms with Crippen LogP contribution in [-0.2, 0) is 4.79 Å². The quantitative estimate of drug-likeness (QED) is 0.483. The molecule has 0 unspecified atom stereocenters. The molecular weight excluding hydrogens is 350 g/mol. The van der Waals surface area contributed by atoms with E-state index in [2.05, 4.69) is 15.8 Å². The first-order valence-corrected chi connectivity index (χ1v) is 8.23. The van der Waals surface area contributed by atoms with Crippen molar-refractivity contribution in [3.63, 3.8) is 0 Å². The standard InChI is InChI=1S/C19H21N3O5/c1-3-27-15-6-4-13(5-7-15)19(25)20-12-18(24)22-21-11-14-10-16(26-2)8-9-17(14)23/h4-11,23H,3,12H2,1-2H3,(H,20,25)(H,22,24). The molecule has 0 saturated heterocycles. The topological polar surface area (TPSA) is 109 Å². The third kappa shape index (κ3) is 6.03. The van der Waals surface area contributed by atoms with E-state index in [-0.39, 0.29) is 18.2 Å². The Kier molecular flexibility index (Phi) is 7.18. The molecule has 2 aromatic rings. The molecule has 2 rings (SSSR count). The summed E-state index contributed by atoms with van der Waals surface area (Å²) in [5, 5.41) is 16.0. The van der Waals surface area contributed by atoms with Gasteiger partial charge in [0.2, 0.25) is 0 Å². The maximum Gasteiger partial charge on any atom is 0.259 e. The molecule has 27 heavy (non-hydrogen) atoms. The molecule has 0 heterocycles. The molecule has 2 amide bonds. The lowest BCUT2D eigenvalue weighted by atomic mass is 10.2. The number of phenolic OH excluding ortho intramolecular Hbond substituents is 1. The van der Waals surface area contributed by atoms with Gasteiger partial charge in [-0.15, -0.1) is 0 Å². The van der Waals surface area contributed by atoms with Gasteiger partial charge in [-0.05, 0) is 49.4 Å². The van der Waals surface area contributed by atoms with Crippen LogP contribution in [0.1, 0.15) is 22.8 Å². The second-order valence-electron chi connectivity index (χ2n) is 5.36. The van der Waals surface area contributed by atoms with E-state index in [1.807, 2.05) is 6.92 Å². The molecule has 2 aromatic carbocycles. The highest BCUT2D eigenvalue weighted by molar-refractivity contribution is 5.96. The van der Waals surface area contributed by atoms with Crippen LogP contribution in [0.5, 0.6) is 17.2 Å². The fraction of sp³-hybridized carbons (Fsp3) is 0.211. The zero-order valence-electron chi connectivity index (χ0n) is 15.1.